The Morgan fingerprint density at radius 2 is 1.91 bits per heavy atom. The van der Waals surface area contributed by atoms with Crippen LogP contribution in [0, 0.1) is 5.92 Å². The second-order valence-corrected chi connectivity index (χ2v) is 6.27. The van der Waals surface area contributed by atoms with Gasteiger partial charge in [-0.15, -0.1) is 0 Å². The first kappa shape index (κ1) is 14.1. The summed E-state index contributed by atoms with van der Waals surface area (Å²) in [5.41, 5.74) is 0.679. The van der Waals surface area contributed by atoms with Crippen molar-refractivity contribution in [3.63, 3.8) is 0 Å². The normalized spacial score (nSPS) is 25.6. The molecule has 0 spiro atoms. The molecule has 5 nitrogen and oxygen atoms in total. The lowest BCUT2D eigenvalue weighted by Crippen LogP contribution is -2.47. The SMILES string of the molecule is O=C(N[C@H]1C[C@@H]2C[C@H]1CN2C(=O)c1ccco1)c1ccccc1. The van der Waals surface area contributed by atoms with E-state index in [0.29, 0.717) is 23.8 Å². The predicted octanol–water partition coefficient (Wildman–Crippen LogP) is 2.31. The van der Waals surface area contributed by atoms with Gasteiger partial charge in [0, 0.05) is 24.2 Å². The van der Waals surface area contributed by atoms with Crippen LogP contribution in [0.2, 0.25) is 0 Å². The molecule has 1 saturated carbocycles. The van der Waals surface area contributed by atoms with E-state index in [1.807, 2.05) is 35.2 Å². The quantitative estimate of drug-likeness (QED) is 0.946. The molecule has 0 unspecified atom stereocenters. The van der Waals surface area contributed by atoms with Crippen LogP contribution in [0.3, 0.4) is 0 Å². The maximum atomic E-state index is 12.4. The molecule has 1 saturated heterocycles. The van der Waals surface area contributed by atoms with Gasteiger partial charge in [0.15, 0.2) is 5.76 Å². The summed E-state index contributed by atoms with van der Waals surface area (Å²) < 4.78 is 5.20. The molecule has 2 amide bonds. The molecule has 2 aromatic rings. The first-order chi connectivity index (χ1) is 11.2. The van der Waals surface area contributed by atoms with E-state index < -0.39 is 0 Å². The van der Waals surface area contributed by atoms with Crippen LogP contribution in [0.1, 0.15) is 33.8 Å². The molecule has 4 rings (SSSR count). The number of piperidine rings is 1. The Kier molecular flexibility index (Phi) is 3.41. The van der Waals surface area contributed by atoms with Crippen molar-refractivity contribution in [3.8, 4) is 0 Å². The molecule has 1 aliphatic heterocycles. The highest BCUT2D eigenvalue weighted by Gasteiger charge is 2.47. The lowest BCUT2D eigenvalue weighted by atomic mass is 10.0. The highest BCUT2D eigenvalue weighted by atomic mass is 16.3. The highest BCUT2D eigenvalue weighted by molar-refractivity contribution is 5.94. The third-order valence-electron chi connectivity index (χ3n) is 4.89. The van der Waals surface area contributed by atoms with Gasteiger partial charge in [0.1, 0.15) is 0 Å². The Hall–Kier alpha value is -2.56. The predicted molar refractivity (Wildman–Crippen MR) is 84.0 cm³/mol. The van der Waals surface area contributed by atoms with Crippen molar-refractivity contribution < 1.29 is 14.0 Å². The summed E-state index contributed by atoms with van der Waals surface area (Å²) in [6.07, 6.45) is 3.28. The molecule has 2 fully saturated rings. The van der Waals surface area contributed by atoms with E-state index >= 15 is 0 Å². The fourth-order valence-corrected chi connectivity index (χ4v) is 3.76. The van der Waals surface area contributed by atoms with Crippen LogP contribution < -0.4 is 5.32 Å². The Morgan fingerprint density at radius 3 is 2.57 bits per heavy atom. The minimum absolute atomic E-state index is 0.0351. The number of fused-ring (bicyclic) bond motifs is 2. The van der Waals surface area contributed by atoms with Crippen molar-refractivity contribution >= 4 is 11.8 Å². The van der Waals surface area contributed by atoms with Gasteiger partial charge in [-0.1, -0.05) is 18.2 Å². The first-order valence-corrected chi connectivity index (χ1v) is 7.93. The van der Waals surface area contributed by atoms with E-state index in [4.69, 9.17) is 4.42 Å². The number of hydrogen-bond donors (Lipinski definition) is 1. The molecule has 2 heterocycles. The Labute approximate surface area is 134 Å². The molecule has 3 atom stereocenters. The molecular weight excluding hydrogens is 292 g/mol. The zero-order valence-corrected chi connectivity index (χ0v) is 12.6. The number of carbonyl (C=O) groups is 2. The van der Waals surface area contributed by atoms with Gasteiger partial charge < -0.3 is 14.6 Å². The molecule has 23 heavy (non-hydrogen) atoms. The topological polar surface area (TPSA) is 62.6 Å². The molecule has 2 aliphatic rings. The summed E-state index contributed by atoms with van der Waals surface area (Å²) >= 11 is 0. The second-order valence-electron chi connectivity index (χ2n) is 6.27. The van der Waals surface area contributed by atoms with Gasteiger partial charge in [-0.3, -0.25) is 9.59 Å². The summed E-state index contributed by atoms with van der Waals surface area (Å²) in [4.78, 5) is 26.5. The average molecular weight is 310 g/mol. The number of benzene rings is 1. The number of amides is 2. The molecule has 5 heteroatoms. The van der Waals surface area contributed by atoms with Crippen LogP contribution in [0.4, 0.5) is 0 Å². The molecule has 1 aliphatic carbocycles. The average Bonchev–Trinajstić information content (AvgIpc) is 3.31. The van der Waals surface area contributed by atoms with Crippen LogP contribution in [-0.4, -0.2) is 35.3 Å². The molecular formula is C18H18N2O3. The fraction of sp³-hybridized carbons (Fsp3) is 0.333. The van der Waals surface area contributed by atoms with Gasteiger partial charge >= 0.3 is 0 Å². The number of likely N-dealkylation sites (tertiary alicyclic amines) is 1. The molecule has 118 valence electrons. The lowest BCUT2D eigenvalue weighted by molar-refractivity contribution is 0.0648. The smallest absolute Gasteiger partial charge is 0.289 e. The minimum Gasteiger partial charge on any atom is -0.459 e. The maximum Gasteiger partial charge on any atom is 0.289 e. The third kappa shape index (κ3) is 2.52. The number of nitrogens with one attached hydrogen (secondary N) is 1. The van der Waals surface area contributed by atoms with Gasteiger partial charge in [0.05, 0.1) is 6.26 Å². The Balaban J connectivity index is 1.39. The molecule has 1 N–H and O–H groups in total. The van der Waals surface area contributed by atoms with Gasteiger partial charge in [-0.05, 0) is 43.0 Å². The standard InChI is InChI=1S/C18H18N2O3/c21-17(12-5-2-1-3-6-12)19-15-10-14-9-13(15)11-20(14)18(22)16-7-4-8-23-16/h1-8,13-15H,9-11H2,(H,19,21)/t13-,14-,15-/m0/s1. The van der Waals surface area contributed by atoms with E-state index in [9.17, 15) is 9.59 Å². The van der Waals surface area contributed by atoms with Gasteiger partial charge in [0.2, 0.25) is 0 Å². The monoisotopic (exact) mass is 310 g/mol. The zero-order valence-electron chi connectivity index (χ0n) is 12.6. The number of carbonyl (C=O) groups excluding carboxylic acids is 2. The van der Waals surface area contributed by atoms with Crippen LogP contribution in [0.15, 0.2) is 53.1 Å². The highest BCUT2D eigenvalue weighted by Crippen LogP contribution is 2.38. The van der Waals surface area contributed by atoms with Crippen LogP contribution >= 0.6 is 0 Å². The van der Waals surface area contributed by atoms with Crippen molar-refractivity contribution in [2.75, 3.05) is 6.54 Å². The number of nitrogens with zero attached hydrogens (tertiary/aromatic N) is 1. The van der Waals surface area contributed by atoms with E-state index in [1.165, 1.54) is 6.26 Å². The fourth-order valence-electron chi connectivity index (χ4n) is 3.76. The van der Waals surface area contributed by atoms with E-state index in [0.717, 1.165) is 12.8 Å². The van der Waals surface area contributed by atoms with Crippen LogP contribution in [0.5, 0.6) is 0 Å². The molecule has 0 radical (unpaired) electrons. The summed E-state index contributed by atoms with van der Waals surface area (Å²) in [5, 5.41) is 3.12. The van der Waals surface area contributed by atoms with Gasteiger partial charge in [-0.2, -0.15) is 0 Å². The Bertz CT molecular complexity index is 711. The Morgan fingerprint density at radius 1 is 1.09 bits per heavy atom. The van der Waals surface area contributed by atoms with Crippen molar-refractivity contribution in [1.29, 1.82) is 0 Å². The number of hydrogen-bond acceptors (Lipinski definition) is 3. The lowest BCUT2D eigenvalue weighted by Gasteiger charge is -2.31. The van der Waals surface area contributed by atoms with E-state index in [-0.39, 0.29) is 23.9 Å². The molecule has 2 bridgehead atoms. The minimum atomic E-state index is -0.0460. The van der Waals surface area contributed by atoms with Crippen LogP contribution in [0.25, 0.3) is 0 Å². The van der Waals surface area contributed by atoms with E-state index in [2.05, 4.69) is 5.32 Å². The maximum absolute atomic E-state index is 12.4. The van der Waals surface area contributed by atoms with Crippen molar-refractivity contribution in [2.45, 2.75) is 24.9 Å². The van der Waals surface area contributed by atoms with Crippen LogP contribution in [-0.2, 0) is 0 Å². The second kappa shape index (κ2) is 5.57. The third-order valence-corrected chi connectivity index (χ3v) is 4.89. The zero-order chi connectivity index (χ0) is 15.8. The molecule has 1 aromatic heterocycles. The number of furan rings is 1. The first-order valence-electron chi connectivity index (χ1n) is 7.93. The van der Waals surface area contributed by atoms with Gasteiger partial charge in [0.25, 0.3) is 11.8 Å². The van der Waals surface area contributed by atoms with Crippen molar-refractivity contribution in [3.05, 3.63) is 60.1 Å². The summed E-state index contributed by atoms with van der Waals surface area (Å²) in [6.45, 7) is 0.684. The summed E-state index contributed by atoms with van der Waals surface area (Å²) in [7, 11) is 0. The van der Waals surface area contributed by atoms with Crippen molar-refractivity contribution in [2.24, 2.45) is 5.92 Å². The largest absolute Gasteiger partial charge is 0.459 e. The van der Waals surface area contributed by atoms with Crippen molar-refractivity contribution in [1.82, 2.24) is 10.2 Å². The summed E-state index contributed by atoms with van der Waals surface area (Å²) in [6, 6.07) is 13.0. The van der Waals surface area contributed by atoms with Gasteiger partial charge in [-0.25, -0.2) is 0 Å². The number of rotatable bonds is 3. The summed E-state index contributed by atoms with van der Waals surface area (Å²) in [5.74, 6) is 0.636. The van der Waals surface area contributed by atoms with E-state index in [1.54, 1.807) is 12.1 Å². The molecule has 1 aromatic carbocycles.